The summed E-state index contributed by atoms with van der Waals surface area (Å²) < 4.78 is 27.4. The molecule has 1 aromatic carbocycles. The van der Waals surface area contributed by atoms with E-state index in [1.54, 1.807) is 43.3 Å². The van der Waals surface area contributed by atoms with Crippen LogP contribution in [-0.4, -0.2) is 24.8 Å². The van der Waals surface area contributed by atoms with Gasteiger partial charge in [0, 0.05) is 13.2 Å². The van der Waals surface area contributed by atoms with Crippen molar-refractivity contribution in [1.82, 2.24) is 10.1 Å². The van der Waals surface area contributed by atoms with Crippen LogP contribution in [0, 0.1) is 6.92 Å². The fourth-order valence-corrected chi connectivity index (χ4v) is 2.01. The maximum Gasteiger partial charge on any atom is 0.223 e. The highest BCUT2D eigenvalue weighted by molar-refractivity contribution is 7.90. The molecule has 0 fully saturated rings. The molecule has 94 valence electrons. The zero-order valence-corrected chi connectivity index (χ0v) is 10.8. The molecule has 5 nitrogen and oxygen atoms in total. The minimum absolute atomic E-state index is 0.301. The first-order valence-electron chi connectivity index (χ1n) is 5.24. The normalized spacial score (nSPS) is 12.1. The number of hydrogen-bond acceptors (Lipinski definition) is 5. The Morgan fingerprint density at radius 1 is 1.17 bits per heavy atom. The van der Waals surface area contributed by atoms with Crippen molar-refractivity contribution < 1.29 is 12.9 Å². The molecular weight excluding hydrogens is 252 g/mol. The average Bonchev–Trinajstić information content (AvgIpc) is 2.72. The Labute approximate surface area is 105 Å². The molecule has 0 unspecified atom stereocenters. The van der Waals surface area contributed by atoms with E-state index in [0.717, 1.165) is 5.56 Å². The zero-order chi connectivity index (χ0) is 13.2. The molecule has 2 rings (SSSR count). The van der Waals surface area contributed by atoms with E-state index in [1.165, 1.54) is 6.26 Å². The Bertz CT molecular complexity index is 670. The number of aryl methyl sites for hydroxylation is 1. The van der Waals surface area contributed by atoms with E-state index in [0.29, 0.717) is 16.6 Å². The summed E-state index contributed by atoms with van der Waals surface area (Å²) in [7, 11) is -3.15. The molecule has 0 amide bonds. The van der Waals surface area contributed by atoms with Gasteiger partial charge in [0.15, 0.2) is 15.7 Å². The van der Waals surface area contributed by atoms with Crippen molar-refractivity contribution in [1.29, 1.82) is 0 Å². The summed E-state index contributed by atoms with van der Waals surface area (Å²) in [6.07, 6.45) is 4.67. The van der Waals surface area contributed by atoms with E-state index >= 15 is 0 Å². The van der Waals surface area contributed by atoms with Gasteiger partial charge in [0.2, 0.25) is 5.89 Å². The van der Waals surface area contributed by atoms with E-state index in [2.05, 4.69) is 10.1 Å². The predicted molar refractivity (Wildman–Crippen MR) is 67.5 cm³/mol. The Morgan fingerprint density at radius 2 is 1.83 bits per heavy atom. The number of aromatic nitrogens is 2. The van der Waals surface area contributed by atoms with Crippen LogP contribution in [0.25, 0.3) is 12.2 Å². The van der Waals surface area contributed by atoms with E-state index < -0.39 is 9.84 Å². The van der Waals surface area contributed by atoms with Crippen LogP contribution in [0.5, 0.6) is 0 Å². The first kappa shape index (κ1) is 12.5. The third-order valence-corrected chi connectivity index (χ3v) is 3.40. The van der Waals surface area contributed by atoms with Crippen molar-refractivity contribution in [2.75, 3.05) is 6.26 Å². The van der Waals surface area contributed by atoms with E-state index in [-0.39, 0.29) is 0 Å². The number of benzene rings is 1. The summed E-state index contributed by atoms with van der Waals surface area (Å²) in [6, 6.07) is 6.58. The Hall–Kier alpha value is -1.95. The Morgan fingerprint density at radius 3 is 2.33 bits per heavy atom. The second-order valence-corrected chi connectivity index (χ2v) is 5.86. The smallest absolute Gasteiger partial charge is 0.223 e. The third kappa shape index (κ3) is 3.04. The summed E-state index contributed by atoms with van der Waals surface area (Å²) in [5.41, 5.74) is 0.866. The van der Waals surface area contributed by atoms with Gasteiger partial charge >= 0.3 is 0 Å². The van der Waals surface area contributed by atoms with Crippen molar-refractivity contribution in [3.63, 3.8) is 0 Å². The average molecular weight is 264 g/mol. The molecule has 0 spiro atoms. The molecule has 1 aromatic heterocycles. The zero-order valence-electron chi connectivity index (χ0n) is 9.99. The molecule has 0 saturated carbocycles. The van der Waals surface area contributed by atoms with Gasteiger partial charge in [-0.1, -0.05) is 23.4 Å². The molecule has 0 bridgehead atoms. The highest BCUT2D eigenvalue weighted by Gasteiger charge is 2.05. The lowest BCUT2D eigenvalue weighted by atomic mass is 10.2. The van der Waals surface area contributed by atoms with E-state index in [1.807, 2.05) is 0 Å². The van der Waals surface area contributed by atoms with Gasteiger partial charge in [0.1, 0.15) is 0 Å². The SMILES string of the molecule is Cc1nc(C=Cc2ccc(S(C)(=O)=O)cc2)no1. The first-order chi connectivity index (χ1) is 8.45. The molecule has 0 aliphatic carbocycles. The molecular formula is C12H12N2O3S. The van der Waals surface area contributed by atoms with Crippen molar-refractivity contribution in [3.8, 4) is 0 Å². The van der Waals surface area contributed by atoms with Crippen LogP contribution >= 0.6 is 0 Å². The van der Waals surface area contributed by atoms with E-state index in [4.69, 9.17) is 4.52 Å². The number of hydrogen-bond donors (Lipinski definition) is 0. The van der Waals surface area contributed by atoms with Crippen LogP contribution in [0.2, 0.25) is 0 Å². The standard InChI is InChI=1S/C12H12N2O3S/c1-9-13-12(14-17-9)8-5-10-3-6-11(7-4-10)18(2,15)16/h3-8H,1-2H3. The topological polar surface area (TPSA) is 73.1 Å². The fraction of sp³-hybridized carbons (Fsp3) is 0.167. The quantitative estimate of drug-likeness (QED) is 0.847. The fourth-order valence-electron chi connectivity index (χ4n) is 1.38. The van der Waals surface area contributed by atoms with Crippen molar-refractivity contribution in [2.24, 2.45) is 0 Å². The maximum atomic E-state index is 11.3. The minimum atomic E-state index is -3.15. The molecule has 0 radical (unpaired) electrons. The number of sulfone groups is 1. The molecule has 2 aromatic rings. The highest BCUT2D eigenvalue weighted by Crippen LogP contribution is 2.12. The molecule has 0 aliphatic heterocycles. The predicted octanol–water partition coefficient (Wildman–Crippen LogP) is 1.95. The van der Waals surface area contributed by atoms with Gasteiger partial charge in [-0.15, -0.1) is 0 Å². The minimum Gasteiger partial charge on any atom is -0.339 e. The van der Waals surface area contributed by atoms with Crippen LogP contribution in [0.15, 0.2) is 33.7 Å². The number of rotatable bonds is 3. The second kappa shape index (κ2) is 4.73. The van der Waals surface area contributed by atoms with Gasteiger partial charge in [0.25, 0.3) is 0 Å². The lowest BCUT2D eigenvalue weighted by Gasteiger charge is -1.98. The maximum absolute atomic E-state index is 11.3. The van der Waals surface area contributed by atoms with Crippen LogP contribution in [0.3, 0.4) is 0 Å². The van der Waals surface area contributed by atoms with Crippen molar-refractivity contribution in [3.05, 3.63) is 41.5 Å². The summed E-state index contributed by atoms with van der Waals surface area (Å²) in [5.74, 6) is 0.988. The van der Waals surface area contributed by atoms with Crippen molar-refractivity contribution >= 4 is 22.0 Å². The summed E-state index contributed by atoms with van der Waals surface area (Å²) in [4.78, 5) is 4.32. The second-order valence-electron chi connectivity index (χ2n) is 3.85. The molecule has 1 heterocycles. The van der Waals surface area contributed by atoms with Crippen LogP contribution in [0.1, 0.15) is 17.3 Å². The van der Waals surface area contributed by atoms with Gasteiger partial charge in [-0.05, 0) is 23.8 Å². The summed E-state index contributed by atoms with van der Waals surface area (Å²) in [5, 5.41) is 3.72. The summed E-state index contributed by atoms with van der Waals surface area (Å²) >= 11 is 0. The third-order valence-electron chi connectivity index (χ3n) is 2.28. The van der Waals surface area contributed by atoms with Crippen LogP contribution in [-0.2, 0) is 9.84 Å². The number of nitrogens with zero attached hydrogens (tertiary/aromatic N) is 2. The molecule has 0 atom stereocenters. The summed E-state index contributed by atoms with van der Waals surface area (Å²) in [6.45, 7) is 1.71. The largest absolute Gasteiger partial charge is 0.339 e. The monoisotopic (exact) mass is 264 g/mol. The van der Waals surface area contributed by atoms with Crippen LogP contribution < -0.4 is 0 Å². The van der Waals surface area contributed by atoms with Crippen molar-refractivity contribution in [2.45, 2.75) is 11.8 Å². The molecule has 18 heavy (non-hydrogen) atoms. The Balaban J connectivity index is 2.18. The lowest BCUT2D eigenvalue weighted by molar-refractivity contribution is 0.391. The molecule has 0 N–H and O–H groups in total. The highest BCUT2D eigenvalue weighted by atomic mass is 32.2. The van der Waals surface area contributed by atoms with Gasteiger partial charge < -0.3 is 4.52 Å². The van der Waals surface area contributed by atoms with E-state index in [9.17, 15) is 8.42 Å². The van der Waals surface area contributed by atoms with Gasteiger partial charge in [-0.2, -0.15) is 4.98 Å². The van der Waals surface area contributed by atoms with Gasteiger partial charge in [-0.3, -0.25) is 0 Å². The van der Waals surface area contributed by atoms with Gasteiger partial charge in [-0.25, -0.2) is 8.42 Å². The lowest BCUT2D eigenvalue weighted by Crippen LogP contribution is -1.95. The Kier molecular flexibility index (Phi) is 3.29. The van der Waals surface area contributed by atoms with Crippen LogP contribution in [0.4, 0.5) is 0 Å². The molecule has 0 saturated heterocycles. The molecule has 6 heteroatoms. The first-order valence-corrected chi connectivity index (χ1v) is 7.13. The molecule has 0 aliphatic rings. The van der Waals surface area contributed by atoms with Gasteiger partial charge in [0.05, 0.1) is 4.90 Å².